The first kappa shape index (κ1) is 48.2. The largest absolute Gasteiger partial charge is 0.467 e. The smallest absolute Gasteiger partial charge is 0.408 e. The summed E-state index contributed by atoms with van der Waals surface area (Å²) >= 11 is 0. The fourth-order valence-corrected chi connectivity index (χ4v) is 5.97. The van der Waals surface area contributed by atoms with Gasteiger partial charge in [0.25, 0.3) is 11.8 Å². The van der Waals surface area contributed by atoms with E-state index >= 15 is 0 Å². The second-order valence-corrected chi connectivity index (χ2v) is 15.6. The number of urea groups is 2. The summed E-state index contributed by atoms with van der Waals surface area (Å²) in [5, 5.41) is 12.4. The maximum absolute atomic E-state index is 14.1. The van der Waals surface area contributed by atoms with Crippen molar-refractivity contribution in [1.29, 1.82) is 0 Å². The number of methoxy groups -OCH3 is 1. The van der Waals surface area contributed by atoms with E-state index in [1.54, 1.807) is 136 Å². The number of alkyl carbamates (subject to hydrolysis) is 1. The Morgan fingerprint density at radius 2 is 0.873 bits per heavy atom. The summed E-state index contributed by atoms with van der Waals surface area (Å²) in [6.07, 6.45) is -0.788. The monoisotopic (exact) mass is 864 g/mol. The molecule has 0 bridgehead atoms. The van der Waals surface area contributed by atoms with Gasteiger partial charge in [-0.25, -0.2) is 29.2 Å². The van der Waals surface area contributed by atoms with E-state index in [1.165, 1.54) is 21.0 Å². The van der Waals surface area contributed by atoms with Crippen LogP contribution in [-0.4, -0.2) is 88.7 Å². The summed E-state index contributed by atoms with van der Waals surface area (Å²) < 4.78 is 10.2. The molecule has 63 heavy (non-hydrogen) atoms. The zero-order valence-electron chi connectivity index (χ0n) is 36.3. The highest BCUT2D eigenvalue weighted by atomic mass is 16.6. The molecule has 4 aromatic carbocycles. The lowest BCUT2D eigenvalue weighted by molar-refractivity contribution is -0.142. The number of nitrogens with zero attached hydrogens (tertiary/aromatic N) is 2. The number of amides is 8. The minimum atomic E-state index is -1.28. The number of ether oxygens (including phenoxy) is 2. The van der Waals surface area contributed by atoms with Crippen LogP contribution < -0.4 is 32.1 Å². The van der Waals surface area contributed by atoms with Crippen LogP contribution >= 0.6 is 0 Å². The molecular weight excluding hydrogens is 809 g/mol. The van der Waals surface area contributed by atoms with Gasteiger partial charge in [0, 0.05) is 12.8 Å². The lowest BCUT2D eigenvalue weighted by atomic mass is 10.0. The van der Waals surface area contributed by atoms with E-state index in [0.717, 1.165) is 15.6 Å². The number of hydrogen-bond donors (Lipinski definition) is 6. The fourth-order valence-electron chi connectivity index (χ4n) is 5.97. The Bertz CT molecular complexity index is 2140. The highest BCUT2D eigenvalue weighted by Crippen LogP contribution is 2.12. The van der Waals surface area contributed by atoms with Crippen LogP contribution in [0.4, 0.5) is 14.4 Å². The SMILES string of the molecule is COC(=O)[C@H](C)NC(=O)N(Cc1ccccc1)NC(=O)[C@@H](Cc1ccccc1)NC(=O)[C@H](C)NC(=O)N(Cc1ccccc1)NC(=O)[C@@H](Cc1ccccc1)NC(=O)OC(C)(C)C. The van der Waals surface area contributed by atoms with Crippen LogP contribution in [0.25, 0.3) is 0 Å². The van der Waals surface area contributed by atoms with Crippen molar-refractivity contribution < 1.29 is 43.0 Å². The first-order chi connectivity index (χ1) is 30.0. The molecule has 0 radical (unpaired) electrons. The Labute approximate surface area is 367 Å². The van der Waals surface area contributed by atoms with Crippen molar-refractivity contribution in [2.45, 2.75) is 90.3 Å². The van der Waals surface area contributed by atoms with Gasteiger partial charge in [-0.15, -0.1) is 0 Å². The predicted octanol–water partition coefficient (Wildman–Crippen LogP) is 4.29. The Kier molecular flexibility index (Phi) is 18.0. The van der Waals surface area contributed by atoms with Gasteiger partial charge in [0.2, 0.25) is 5.91 Å². The summed E-state index contributed by atoms with van der Waals surface area (Å²) in [6.45, 7) is 7.66. The average Bonchev–Trinajstić information content (AvgIpc) is 3.25. The number of nitrogens with one attached hydrogen (secondary N) is 6. The van der Waals surface area contributed by atoms with Crippen molar-refractivity contribution >= 4 is 41.8 Å². The highest BCUT2D eigenvalue weighted by Gasteiger charge is 2.31. The van der Waals surface area contributed by atoms with E-state index < -0.39 is 71.6 Å². The zero-order chi connectivity index (χ0) is 45.9. The summed E-state index contributed by atoms with van der Waals surface area (Å²) in [4.78, 5) is 94.3. The molecule has 0 aromatic heterocycles. The lowest BCUT2D eigenvalue weighted by Crippen LogP contribution is -2.61. The van der Waals surface area contributed by atoms with Gasteiger partial charge in [0.05, 0.1) is 20.2 Å². The van der Waals surface area contributed by atoms with Crippen LogP contribution in [0.5, 0.6) is 0 Å². The van der Waals surface area contributed by atoms with E-state index in [0.29, 0.717) is 16.7 Å². The predicted molar refractivity (Wildman–Crippen MR) is 234 cm³/mol. The fraction of sp³-hybridized carbons (Fsp3) is 0.326. The average molecular weight is 865 g/mol. The van der Waals surface area contributed by atoms with Crippen molar-refractivity contribution in [1.82, 2.24) is 42.1 Å². The third kappa shape index (κ3) is 16.5. The summed E-state index contributed by atoms with van der Waals surface area (Å²) in [7, 11) is 1.18. The second-order valence-electron chi connectivity index (χ2n) is 15.6. The maximum Gasteiger partial charge on any atom is 0.408 e. The molecule has 4 atom stereocenters. The third-order valence-corrected chi connectivity index (χ3v) is 9.18. The lowest BCUT2D eigenvalue weighted by Gasteiger charge is -2.29. The van der Waals surface area contributed by atoms with Crippen LogP contribution in [0, 0.1) is 0 Å². The molecule has 0 aliphatic heterocycles. The molecule has 0 fully saturated rings. The van der Waals surface area contributed by atoms with Gasteiger partial charge in [0.1, 0.15) is 29.8 Å². The van der Waals surface area contributed by atoms with E-state index in [2.05, 4.69) is 32.1 Å². The molecule has 0 saturated heterocycles. The first-order valence-electron chi connectivity index (χ1n) is 20.3. The van der Waals surface area contributed by atoms with Crippen molar-refractivity contribution in [3.05, 3.63) is 144 Å². The number of carbonyl (C=O) groups is 7. The minimum absolute atomic E-state index is 0.0118. The summed E-state index contributed by atoms with van der Waals surface area (Å²) in [6, 6.07) is 28.9. The molecule has 0 aliphatic carbocycles. The maximum atomic E-state index is 14.1. The first-order valence-corrected chi connectivity index (χ1v) is 20.3. The number of hydrogen-bond acceptors (Lipinski definition) is 9. The minimum Gasteiger partial charge on any atom is -0.467 e. The molecule has 17 nitrogen and oxygen atoms in total. The van der Waals surface area contributed by atoms with Crippen LogP contribution in [0.1, 0.15) is 56.9 Å². The molecule has 4 aromatic rings. The standard InChI is InChI=1S/C46H56N8O9/c1-31(47-43(59)53(29-35-23-15-9-16-24-35)52-41(57)38(28-34-21-13-8-14-22-34)50-45(61)63-46(3,4)5)39(55)49-37(27-33-19-11-7-12-20-33)40(56)51-54(30-36-25-17-10-18-26-36)44(60)48-32(2)42(58)62-6/h7-26,31-32,37-38H,27-30H2,1-6H3,(H,47,59)(H,48,60)(H,49,55)(H,50,61)(H,51,56)(H,52,57)/t31-,32-,37+,38+/m0/s1. The number of carbonyl (C=O) groups excluding carboxylic acids is 7. The summed E-state index contributed by atoms with van der Waals surface area (Å²) in [5.41, 5.74) is 7.03. The normalized spacial score (nSPS) is 12.7. The van der Waals surface area contributed by atoms with Crippen LogP contribution in [0.2, 0.25) is 0 Å². The van der Waals surface area contributed by atoms with Gasteiger partial charge >= 0.3 is 24.1 Å². The van der Waals surface area contributed by atoms with Crippen molar-refractivity contribution in [2.75, 3.05) is 7.11 Å². The van der Waals surface area contributed by atoms with Crippen molar-refractivity contribution in [3.8, 4) is 0 Å². The molecule has 8 amide bonds. The highest BCUT2D eigenvalue weighted by molar-refractivity contribution is 5.93. The van der Waals surface area contributed by atoms with Gasteiger partial charge in [-0.3, -0.25) is 25.2 Å². The molecule has 334 valence electrons. The van der Waals surface area contributed by atoms with Crippen molar-refractivity contribution in [2.24, 2.45) is 0 Å². The third-order valence-electron chi connectivity index (χ3n) is 9.18. The number of esters is 1. The van der Waals surface area contributed by atoms with E-state index in [-0.39, 0.29) is 25.9 Å². The molecule has 0 unspecified atom stereocenters. The van der Waals surface area contributed by atoms with Gasteiger partial charge in [0.15, 0.2) is 0 Å². The number of benzene rings is 4. The molecule has 0 saturated carbocycles. The Hall–Kier alpha value is -7.43. The summed E-state index contributed by atoms with van der Waals surface area (Å²) in [5.74, 6) is -2.98. The Morgan fingerprint density at radius 1 is 0.508 bits per heavy atom. The van der Waals surface area contributed by atoms with Crippen molar-refractivity contribution in [3.63, 3.8) is 0 Å². The topological polar surface area (TPSA) is 217 Å². The second kappa shape index (κ2) is 23.5. The van der Waals surface area contributed by atoms with Gasteiger partial charge in [-0.2, -0.15) is 0 Å². The quantitative estimate of drug-likeness (QED) is 0.0699. The van der Waals surface area contributed by atoms with E-state index in [4.69, 9.17) is 9.47 Å². The molecule has 0 aliphatic rings. The molecule has 17 heteroatoms. The van der Waals surface area contributed by atoms with Crippen LogP contribution in [0.3, 0.4) is 0 Å². The van der Waals surface area contributed by atoms with E-state index in [9.17, 15) is 33.6 Å². The van der Waals surface area contributed by atoms with Gasteiger partial charge < -0.3 is 30.7 Å². The van der Waals surface area contributed by atoms with Crippen LogP contribution in [0.15, 0.2) is 121 Å². The zero-order valence-corrected chi connectivity index (χ0v) is 36.3. The number of hydrazine groups is 2. The molecular formula is C46H56N8O9. The molecule has 4 rings (SSSR count). The van der Waals surface area contributed by atoms with Crippen LogP contribution in [-0.2, 0) is 54.6 Å². The van der Waals surface area contributed by atoms with Gasteiger partial charge in [-0.05, 0) is 56.9 Å². The Balaban J connectivity index is 1.55. The van der Waals surface area contributed by atoms with Gasteiger partial charge in [-0.1, -0.05) is 121 Å². The van der Waals surface area contributed by atoms with E-state index in [1.807, 2.05) is 6.07 Å². The number of rotatable bonds is 16. The molecule has 0 heterocycles. The Morgan fingerprint density at radius 3 is 1.25 bits per heavy atom. The molecule has 6 N–H and O–H groups in total. The molecule has 0 spiro atoms.